The number of hydrogen-bond acceptors (Lipinski definition) is 5. The molecule has 0 aliphatic rings. The highest BCUT2D eigenvalue weighted by Gasteiger charge is 2.10. The maximum Gasteiger partial charge on any atom is 0.251 e. The molecule has 7 nitrogen and oxygen atoms in total. The van der Waals surface area contributed by atoms with Crippen molar-refractivity contribution >= 4 is 17.4 Å². The zero-order valence-corrected chi connectivity index (χ0v) is 15.3. The Morgan fingerprint density at radius 2 is 1.82 bits per heavy atom. The molecule has 7 heteroatoms. The minimum absolute atomic E-state index is 0.106. The van der Waals surface area contributed by atoms with Gasteiger partial charge in [0.1, 0.15) is 5.75 Å². The van der Waals surface area contributed by atoms with Crippen molar-refractivity contribution in [1.82, 2.24) is 19.7 Å². The topological polar surface area (TPSA) is 91.6 Å². The second-order valence-electron chi connectivity index (χ2n) is 6.29. The summed E-state index contributed by atoms with van der Waals surface area (Å²) in [6.45, 7) is 0.558. The van der Waals surface area contributed by atoms with Gasteiger partial charge in [0.2, 0.25) is 0 Å². The van der Waals surface area contributed by atoms with Crippen molar-refractivity contribution < 1.29 is 9.90 Å². The Bertz CT molecular complexity index is 1120. The molecular formula is C21H19N5O2. The highest BCUT2D eigenvalue weighted by molar-refractivity contribution is 5.93. The van der Waals surface area contributed by atoms with Crippen molar-refractivity contribution in [2.24, 2.45) is 0 Å². The van der Waals surface area contributed by atoms with Crippen LogP contribution in [0, 0.1) is 0 Å². The van der Waals surface area contributed by atoms with Crippen LogP contribution in [0.2, 0.25) is 0 Å². The van der Waals surface area contributed by atoms with Gasteiger partial charge in [-0.3, -0.25) is 9.20 Å². The molecule has 0 atom stereocenters. The van der Waals surface area contributed by atoms with Crippen LogP contribution in [0.25, 0.3) is 16.9 Å². The Balaban J connectivity index is 1.56. The first-order valence-electron chi connectivity index (χ1n) is 8.82. The number of rotatable bonds is 5. The SMILES string of the molecule is CNC(=O)c1ccc(CNc2nccn3c(-c4ccc(O)cc4)cnc23)cc1. The van der Waals surface area contributed by atoms with E-state index in [0.717, 1.165) is 16.8 Å². The molecule has 2 heterocycles. The number of carbonyl (C=O) groups excluding carboxylic acids is 1. The number of aromatic nitrogens is 3. The van der Waals surface area contributed by atoms with Crippen LogP contribution in [0.15, 0.2) is 67.1 Å². The third-order valence-electron chi connectivity index (χ3n) is 4.49. The number of benzene rings is 2. The summed E-state index contributed by atoms with van der Waals surface area (Å²) in [6.07, 6.45) is 5.36. The van der Waals surface area contributed by atoms with Gasteiger partial charge in [0.15, 0.2) is 11.5 Å². The second-order valence-corrected chi connectivity index (χ2v) is 6.29. The lowest BCUT2D eigenvalue weighted by Gasteiger charge is -2.08. The zero-order chi connectivity index (χ0) is 19.5. The lowest BCUT2D eigenvalue weighted by Crippen LogP contribution is -2.17. The number of imidazole rings is 1. The summed E-state index contributed by atoms with van der Waals surface area (Å²) in [5.74, 6) is 0.789. The van der Waals surface area contributed by atoms with Crippen LogP contribution in [0.1, 0.15) is 15.9 Å². The molecular weight excluding hydrogens is 354 g/mol. The minimum Gasteiger partial charge on any atom is -0.508 e. The molecule has 4 rings (SSSR count). The van der Waals surface area contributed by atoms with Gasteiger partial charge in [-0.25, -0.2) is 9.97 Å². The molecule has 28 heavy (non-hydrogen) atoms. The predicted octanol–water partition coefficient (Wildman–Crippen LogP) is 3.07. The number of amides is 1. The average molecular weight is 373 g/mol. The number of aromatic hydroxyl groups is 1. The van der Waals surface area contributed by atoms with Crippen molar-refractivity contribution in [1.29, 1.82) is 0 Å². The quantitative estimate of drug-likeness (QED) is 0.500. The minimum atomic E-state index is -0.106. The van der Waals surface area contributed by atoms with Gasteiger partial charge >= 0.3 is 0 Å². The number of anilines is 1. The van der Waals surface area contributed by atoms with Crippen LogP contribution in [0.3, 0.4) is 0 Å². The molecule has 0 unspecified atom stereocenters. The maximum absolute atomic E-state index is 11.6. The Morgan fingerprint density at radius 3 is 2.54 bits per heavy atom. The molecule has 1 amide bonds. The van der Waals surface area contributed by atoms with E-state index in [-0.39, 0.29) is 11.7 Å². The highest BCUT2D eigenvalue weighted by Crippen LogP contribution is 2.25. The standard InChI is InChI=1S/C21H19N5O2/c1-22-21(28)16-4-2-14(3-5-16)12-24-19-20-25-13-18(26(20)11-10-23-19)15-6-8-17(27)9-7-15/h2-11,13,27H,12H2,1H3,(H,22,28)(H,23,24). The number of phenols is 1. The van der Waals surface area contributed by atoms with E-state index < -0.39 is 0 Å². The Labute approximate surface area is 161 Å². The summed E-state index contributed by atoms with van der Waals surface area (Å²) in [5, 5.41) is 15.4. The molecule has 0 aliphatic carbocycles. The lowest BCUT2D eigenvalue weighted by atomic mass is 10.1. The summed E-state index contributed by atoms with van der Waals surface area (Å²) in [4.78, 5) is 20.5. The van der Waals surface area contributed by atoms with Gasteiger partial charge in [-0.15, -0.1) is 0 Å². The smallest absolute Gasteiger partial charge is 0.251 e. The van der Waals surface area contributed by atoms with Gasteiger partial charge < -0.3 is 15.7 Å². The van der Waals surface area contributed by atoms with E-state index in [1.807, 2.05) is 34.9 Å². The molecule has 0 saturated carbocycles. The average Bonchev–Trinajstić information content (AvgIpc) is 3.17. The predicted molar refractivity (Wildman–Crippen MR) is 107 cm³/mol. The summed E-state index contributed by atoms with van der Waals surface area (Å²) in [6, 6.07) is 14.4. The molecule has 0 radical (unpaired) electrons. The maximum atomic E-state index is 11.6. The lowest BCUT2D eigenvalue weighted by molar-refractivity contribution is 0.0963. The summed E-state index contributed by atoms with van der Waals surface area (Å²) in [7, 11) is 1.61. The van der Waals surface area contributed by atoms with Crippen LogP contribution < -0.4 is 10.6 Å². The van der Waals surface area contributed by atoms with E-state index in [1.54, 1.807) is 43.7 Å². The van der Waals surface area contributed by atoms with E-state index in [9.17, 15) is 9.90 Å². The number of phenolic OH excluding ortho intramolecular Hbond substituents is 1. The van der Waals surface area contributed by atoms with Crippen LogP contribution in [-0.4, -0.2) is 32.4 Å². The summed E-state index contributed by atoms with van der Waals surface area (Å²) < 4.78 is 1.95. The van der Waals surface area contributed by atoms with Gasteiger partial charge in [-0.05, 0) is 42.0 Å². The monoisotopic (exact) mass is 373 g/mol. The van der Waals surface area contributed by atoms with E-state index in [0.29, 0.717) is 23.6 Å². The van der Waals surface area contributed by atoms with Crippen LogP contribution in [0.4, 0.5) is 5.82 Å². The van der Waals surface area contributed by atoms with Gasteiger partial charge in [-0.2, -0.15) is 0 Å². The third-order valence-corrected chi connectivity index (χ3v) is 4.49. The molecule has 0 aliphatic heterocycles. The fraction of sp³-hybridized carbons (Fsp3) is 0.0952. The molecule has 2 aromatic heterocycles. The summed E-state index contributed by atoms with van der Waals surface area (Å²) >= 11 is 0. The van der Waals surface area contributed by atoms with Crippen molar-refractivity contribution in [3.63, 3.8) is 0 Å². The number of nitrogens with one attached hydrogen (secondary N) is 2. The molecule has 0 saturated heterocycles. The van der Waals surface area contributed by atoms with E-state index in [1.165, 1.54) is 0 Å². The molecule has 2 aromatic carbocycles. The normalized spacial score (nSPS) is 10.8. The zero-order valence-electron chi connectivity index (χ0n) is 15.3. The molecule has 0 fully saturated rings. The van der Waals surface area contributed by atoms with Gasteiger partial charge in [0.25, 0.3) is 5.91 Å². The van der Waals surface area contributed by atoms with Crippen LogP contribution in [-0.2, 0) is 6.54 Å². The van der Waals surface area contributed by atoms with Crippen molar-refractivity contribution in [3.8, 4) is 17.0 Å². The first-order valence-corrected chi connectivity index (χ1v) is 8.82. The number of fused-ring (bicyclic) bond motifs is 1. The van der Waals surface area contributed by atoms with Gasteiger partial charge in [0.05, 0.1) is 11.9 Å². The van der Waals surface area contributed by atoms with Crippen LogP contribution >= 0.6 is 0 Å². The van der Waals surface area contributed by atoms with E-state index >= 15 is 0 Å². The van der Waals surface area contributed by atoms with Crippen molar-refractivity contribution in [2.45, 2.75) is 6.54 Å². The fourth-order valence-corrected chi connectivity index (χ4v) is 2.99. The number of nitrogens with zero attached hydrogens (tertiary/aromatic N) is 3. The summed E-state index contributed by atoms with van der Waals surface area (Å²) in [5.41, 5.74) is 4.23. The third kappa shape index (κ3) is 3.37. The number of carbonyl (C=O) groups is 1. The molecule has 140 valence electrons. The fourth-order valence-electron chi connectivity index (χ4n) is 2.99. The largest absolute Gasteiger partial charge is 0.508 e. The van der Waals surface area contributed by atoms with Crippen LogP contribution in [0.5, 0.6) is 5.75 Å². The first-order chi connectivity index (χ1) is 13.7. The Kier molecular flexibility index (Phi) is 4.63. The Morgan fingerprint density at radius 1 is 1.07 bits per heavy atom. The Hall–Kier alpha value is -3.87. The molecule has 4 aromatic rings. The van der Waals surface area contributed by atoms with Gasteiger partial charge in [0, 0.05) is 37.1 Å². The van der Waals surface area contributed by atoms with E-state index in [2.05, 4.69) is 20.6 Å². The van der Waals surface area contributed by atoms with Crippen molar-refractivity contribution in [3.05, 3.63) is 78.2 Å². The van der Waals surface area contributed by atoms with Crippen molar-refractivity contribution in [2.75, 3.05) is 12.4 Å². The number of hydrogen-bond donors (Lipinski definition) is 3. The second kappa shape index (κ2) is 7.40. The molecule has 0 spiro atoms. The first kappa shape index (κ1) is 17.5. The highest BCUT2D eigenvalue weighted by atomic mass is 16.3. The van der Waals surface area contributed by atoms with Gasteiger partial charge in [-0.1, -0.05) is 12.1 Å². The molecule has 0 bridgehead atoms. The molecule has 3 N–H and O–H groups in total. The van der Waals surface area contributed by atoms with E-state index in [4.69, 9.17) is 0 Å².